The third kappa shape index (κ3) is 2.29. The van der Waals surface area contributed by atoms with Crippen LogP contribution in [0.3, 0.4) is 0 Å². The quantitative estimate of drug-likeness (QED) is 0.840. The molecule has 0 bridgehead atoms. The molecule has 1 saturated carbocycles. The maximum Gasteiger partial charge on any atom is 0.231 e. The Bertz CT molecular complexity index is 416. The second kappa shape index (κ2) is 4.79. The van der Waals surface area contributed by atoms with Crippen molar-refractivity contribution in [1.29, 1.82) is 0 Å². The number of aromatic nitrogens is 1. The Labute approximate surface area is 99.4 Å². The molecule has 0 atom stereocenters. The Morgan fingerprint density at radius 2 is 2.24 bits per heavy atom. The van der Waals surface area contributed by atoms with E-state index in [0.29, 0.717) is 6.54 Å². The summed E-state index contributed by atoms with van der Waals surface area (Å²) < 4.78 is 13.4. The zero-order valence-electron chi connectivity index (χ0n) is 9.58. The van der Waals surface area contributed by atoms with Crippen molar-refractivity contribution in [3.8, 4) is 0 Å². The fraction of sp³-hybridized carbons (Fsp3) is 0.500. The molecule has 92 valence electrons. The van der Waals surface area contributed by atoms with Gasteiger partial charge in [-0.25, -0.2) is 4.39 Å². The van der Waals surface area contributed by atoms with Crippen LogP contribution in [0, 0.1) is 11.2 Å². The second-order valence-corrected chi connectivity index (χ2v) is 4.50. The molecule has 1 heterocycles. The summed E-state index contributed by atoms with van der Waals surface area (Å²) in [6, 6.07) is 1.45. The highest BCUT2D eigenvalue weighted by Crippen LogP contribution is 2.38. The van der Waals surface area contributed by atoms with Gasteiger partial charge in [-0.2, -0.15) is 0 Å². The number of nitrogens with zero attached hydrogens (tertiary/aromatic N) is 1. The summed E-state index contributed by atoms with van der Waals surface area (Å²) in [5.74, 6) is -0.700. The summed E-state index contributed by atoms with van der Waals surface area (Å²) in [6.07, 6.45) is 6.10. The molecule has 1 aliphatic rings. The lowest BCUT2D eigenvalue weighted by Gasteiger charge is -2.25. The Kier molecular flexibility index (Phi) is 3.38. The summed E-state index contributed by atoms with van der Waals surface area (Å²) in [6.45, 7) is 0.311. The summed E-state index contributed by atoms with van der Waals surface area (Å²) in [4.78, 5) is 15.8. The fourth-order valence-electron chi connectivity index (χ4n) is 2.31. The molecule has 1 aromatic rings. The van der Waals surface area contributed by atoms with Crippen molar-refractivity contribution >= 4 is 11.6 Å². The molecular formula is C12H16FN3O. The highest BCUT2D eigenvalue weighted by Gasteiger charge is 2.39. The molecule has 3 N–H and O–H groups in total. The SMILES string of the molecule is NCC1(C(=O)Nc2ccncc2F)CCCC1. The number of pyridine rings is 1. The summed E-state index contributed by atoms with van der Waals surface area (Å²) >= 11 is 0. The predicted octanol–water partition coefficient (Wildman–Crippen LogP) is 1.68. The van der Waals surface area contributed by atoms with Gasteiger partial charge in [0.2, 0.25) is 5.91 Å². The van der Waals surface area contributed by atoms with E-state index in [2.05, 4.69) is 10.3 Å². The van der Waals surface area contributed by atoms with Gasteiger partial charge in [-0.05, 0) is 18.9 Å². The summed E-state index contributed by atoms with van der Waals surface area (Å²) in [5.41, 5.74) is 5.35. The minimum atomic E-state index is -0.522. The molecule has 0 radical (unpaired) electrons. The zero-order chi connectivity index (χ0) is 12.3. The Morgan fingerprint density at radius 1 is 1.53 bits per heavy atom. The maximum atomic E-state index is 13.4. The maximum absolute atomic E-state index is 13.4. The largest absolute Gasteiger partial charge is 0.329 e. The number of halogens is 1. The fourth-order valence-corrected chi connectivity index (χ4v) is 2.31. The van der Waals surface area contributed by atoms with E-state index in [9.17, 15) is 9.18 Å². The number of carbonyl (C=O) groups excluding carboxylic acids is 1. The Morgan fingerprint density at radius 3 is 2.82 bits per heavy atom. The van der Waals surface area contributed by atoms with Crippen molar-refractivity contribution < 1.29 is 9.18 Å². The second-order valence-electron chi connectivity index (χ2n) is 4.50. The molecule has 1 aromatic heterocycles. The number of carbonyl (C=O) groups is 1. The lowest BCUT2D eigenvalue weighted by molar-refractivity contribution is -0.124. The smallest absolute Gasteiger partial charge is 0.231 e. The number of nitrogens with two attached hydrogens (primary N) is 1. The van der Waals surface area contributed by atoms with Crippen molar-refractivity contribution in [3.05, 3.63) is 24.3 Å². The normalized spacial score (nSPS) is 18.0. The lowest BCUT2D eigenvalue weighted by Crippen LogP contribution is -2.40. The van der Waals surface area contributed by atoms with Crippen molar-refractivity contribution in [2.45, 2.75) is 25.7 Å². The number of hydrogen-bond acceptors (Lipinski definition) is 3. The van der Waals surface area contributed by atoms with Gasteiger partial charge in [-0.3, -0.25) is 9.78 Å². The van der Waals surface area contributed by atoms with Crippen LogP contribution < -0.4 is 11.1 Å². The third-order valence-electron chi connectivity index (χ3n) is 3.45. The van der Waals surface area contributed by atoms with E-state index in [1.807, 2.05) is 0 Å². The third-order valence-corrected chi connectivity index (χ3v) is 3.45. The first kappa shape index (κ1) is 12.0. The minimum absolute atomic E-state index is 0.171. The van der Waals surface area contributed by atoms with Gasteiger partial charge in [0, 0.05) is 12.7 Å². The van der Waals surface area contributed by atoms with Gasteiger partial charge < -0.3 is 11.1 Å². The highest BCUT2D eigenvalue weighted by molar-refractivity contribution is 5.95. The van der Waals surface area contributed by atoms with Crippen LogP contribution in [0.1, 0.15) is 25.7 Å². The van der Waals surface area contributed by atoms with E-state index in [-0.39, 0.29) is 11.6 Å². The molecule has 0 saturated heterocycles. The number of hydrogen-bond donors (Lipinski definition) is 2. The first-order chi connectivity index (χ1) is 8.18. The van der Waals surface area contributed by atoms with Crippen LogP contribution in [0.4, 0.5) is 10.1 Å². The molecule has 0 aromatic carbocycles. The molecule has 1 fully saturated rings. The summed E-state index contributed by atoms with van der Waals surface area (Å²) in [5, 5.41) is 2.61. The predicted molar refractivity (Wildman–Crippen MR) is 62.8 cm³/mol. The number of rotatable bonds is 3. The molecule has 2 rings (SSSR count). The molecule has 0 unspecified atom stereocenters. The topological polar surface area (TPSA) is 68.0 Å². The Balaban J connectivity index is 2.14. The van der Waals surface area contributed by atoms with Crippen molar-refractivity contribution in [3.63, 3.8) is 0 Å². The van der Waals surface area contributed by atoms with E-state index < -0.39 is 11.2 Å². The summed E-state index contributed by atoms with van der Waals surface area (Å²) in [7, 11) is 0. The van der Waals surface area contributed by atoms with Crippen molar-refractivity contribution in [1.82, 2.24) is 4.98 Å². The van der Waals surface area contributed by atoms with Crippen LogP contribution in [0.5, 0.6) is 0 Å². The van der Waals surface area contributed by atoms with Crippen LogP contribution in [-0.4, -0.2) is 17.4 Å². The van der Waals surface area contributed by atoms with Crippen LogP contribution in [0.15, 0.2) is 18.5 Å². The Hall–Kier alpha value is -1.49. The number of nitrogens with one attached hydrogen (secondary N) is 1. The van der Waals surface area contributed by atoms with E-state index in [4.69, 9.17) is 5.73 Å². The van der Waals surface area contributed by atoms with Gasteiger partial charge in [0.15, 0.2) is 5.82 Å². The van der Waals surface area contributed by atoms with Crippen LogP contribution in [0.25, 0.3) is 0 Å². The molecule has 1 amide bonds. The zero-order valence-corrected chi connectivity index (χ0v) is 9.58. The van der Waals surface area contributed by atoms with Gasteiger partial charge in [-0.1, -0.05) is 12.8 Å². The first-order valence-corrected chi connectivity index (χ1v) is 5.79. The van der Waals surface area contributed by atoms with Gasteiger partial charge in [0.25, 0.3) is 0 Å². The van der Waals surface area contributed by atoms with E-state index >= 15 is 0 Å². The number of amides is 1. The minimum Gasteiger partial charge on any atom is -0.329 e. The highest BCUT2D eigenvalue weighted by atomic mass is 19.1. The molecular weight excluding hydrogens is 221 g/mol. The molecule has 5 heteroatoms. The van der Waals surface area contributed by atoms with Gasteiger partial charge in [0.05, 0.1) is 17.3 Å². The number of anilines is 1. The van der Waals surface area contributed by atoms with Crippen LogP contribution in [-0.2, 0) is 4.79 Å². The van der Waals surface area contributed by atoms with Crippen molar-refractivity contribution in [2.24, 2.45) is 11.1 Å². The molecule has 4 nitrogen and oxygen atoms in total. The first-order valence-electron chi connectivity index (χ1n) is 5.79. The lowest BCUT2D eigenvalue weighted by atomic mass is 9.85. The molecule has 1 aliphatic carbocycles. The average molecular weight is 237 g/mol. The van der Waals surface area contributed by atoms with Crippen LogP contribution in [0.2, 0.25) is 0 Å². The van der Waals surface area contributed by atoms with Gasteiger partial charge >= 0.3 is 0 Å². The molecule has 0 aliphatic heterocycles. The van der Waals surface area contributed by atoms with E-state index in [1.54, 1.807) is 0 Å². The van der Waals surface area contributed by atoms with Crippen LogP contribution >= 0.6 is 0 Å². The van der Waals surface area contributed by atoms with E-state index in [1.165, 1.54) is 12.3 Å². The van der Waals surface area contributed by atoms with Gasteiger partial charge in [0.1, 0.15) is 0 Å². The van der Waals surface area contributed by atoms with Gasteiger partial charge in [-0.15, -0.1) is 0 Å². The van der Waals surface area contributed by atoms with Crippen molar-refractivity contribution in [2.75, 3.05) is 11.9 Å². The van der Waals surface area contributed by atoms with E-state index in [0.717, 1.165) is 31.9 Å². The average Bonchev–Trinajstić information content (AvgIpc) is 2.82. The monoisotopic (exact) mass is 237 g/mol. The standard InChI is InChI=1S/C12H16FN3O/c13-9-7-15-6-3-10(9)16-11(17)12(8-14)4-1-2-5-12/h3,6-7H,1-2,4-5,8,14H2,(H,15,16,17). The molecule has 0 spiro atoms. The molecule has 17 heavy (non-hydrogen) atoms.